The maximum absolute atomic E-state index is 11.3. The van der Waals surface area contributed by atoms with Crippen LogP contribution in [-0.2, 0) is 0 Å². The molecule has 94 valence electrons. The Morgan fingerprint density at radius 1 is 1.16 bits per heavy atom. The number of oxazole rings is 1. The van der Waals surface area contributed by atoms with Crippen LogP contribution in [0.25, 0.3) is 22.5 Å². The first-order chi connectivity index (χ1) is 9.18. The minimum Gasteiger partial charge on any atom is -0.506 e. The fraction of sp³-hybridized carbons (Fsp3) is 0. The number of aromatic nitrogens is 3. The first-order valence-corrected chi connectivity index (χ1v) is 5.28. The number of carboxylic acids is 1. The van der Waals surface area contributed by atoms with Gasteiger partial charge in [0, 0.05) is 12.4 Å². The molecule has 0 aliphatic rings. The SMILES string of the molecule is O=C(O)c1c(O)c(-c2ncco2)cc2nccnc12. The van der Waals surface area contributed by atoms with E-state index in [-0.39, 0.29) is 22.5 Å². The molecule has 0 fully saturated rings. The Kier molecular flexibility index (Phi) is 2.38. The molecule has 0 saturated carbocycles. The predicted octanol–water partition coefficient (Wildman–Crippen LogP) is 1.69. The molecule has 3 rings (SSSR count). The molecule has 1 aromatic carbocycles. The second kappa shape index (κ2) is 4.05. The molecule has 0 aliphatic heterocycles. The molecule has 0 spiro atoms. The van der Waals surface area contributed by atoms with Crippen molar-refractivity contribution in [2.24, 2.45) is 0 Å². The summed E-state index contributed by atoms with van der Waals surface area (Å²) in [6.45, 7) is 0. The molecule has 0 unspecified atom stereocenters. The third-order valence-corrected chi connectivity index (χ3v) is 2.61. The summed E-state index contributed by atoms with van der Waals surface area (Å²) in [7, 11) is 0. The van der Waals surface area contributed by atoms with Crippen LogP contribution < -0.4 is 0 Å². The molecular weight excluding hydrogens is 250 g/mol. The summed E-state index contributed by atoms with van der Waals surface area (Å²) in [6, 6.07) is 1.48. The molecule has 7 heteroatoms. The van der Waals surface area contributed by atoms with Crippen molar-refractivity contribution in [3.63, 3.8) is 0 Å². The zero-order chi connectivity index (χ0) is 13.4. The van der Waals surface area contributed by atoms with Crippen molar-refractivity contribution in [3.05, 3.63) is 36.5 Å². The van der Waals surface area contributed by atoms with E-state index < -0.39 is 11.7 Å². The van der Waals surface area contributed by atoms with Crippen LogP contribution in [0.5, 0.6) is 5.75 Å². The number of hydrogen-bond donors (Lipinski definition) is 2. The highest BCUT2D eigenvalue weighted by Gasteiger charge is 2.22. The van der Waals surface area contributed by atoms with Gasteiger partial charge in [0.25, 0.3) is 0 Å². The third-order valence-electron chi connectivity index (χ3n) is 2.61. The van der Waals surface area contributed by atoms with Gasteiger partial charge in [0.2, 0.25) is 5.89 Å². The number of phenols is 1. The van der Waals surface area contributed by atoms with Crippen molar-refractivity contribution in [2.75, 3.05) is 0 Å². The van der Waals surface area contributed by atoms with Crippen molar-refractivity contribution in [2.45, 2.75) is 0 Å². The zero-order valence-corrected chi connectivity index (χ0v) is 9.44. The maximum Gasteiger partial charge on any atom is 0.341 e. The monoisotopic (exact) mass is 257 g/mol. The van der Waals surface area contributed by atoms with Crippen molar-refractivity contribution >= 4 is 17.0 Å². The Morgan fingerprint density at radius 3 is 2.63 bits per heavy atom. The number of fused-ring (bicyclic) bond motifs is 1. The second-order valence-electron chi connectivity index (χ2n) is 3.71. The van der Waals surface area contributed by atoms with Crippen molar-refractivity contribution in [1.82, 2.24) is 15.0 Å². The summed E-state index contributed by atoms with van der Waals surface area (Å²) in [4.78, 5) is 23.1. The quantitative estimate of drug-likeness (QED) is 0.718. The fourth-order valence-electron chi connectivity index (χ4n) is 1.82. The van der Waals surface area contributed by atoms with Crippen LogP contribution in [0.3, 0.4) is 0 Å². The van der Waals surface area contributed by atoms with Crippen molar-refractivity contribution < 1.29 is 19.4 Å². The molecule has 0 aliphatic carbocycles. The number of aromatic carboxylic acids is 1. The standard InChI is InChI=1S/C12H7N3O4/c16-10-6(11-15-3-4-19-11)5-7-9(8(10)12(17)18)14-2-1-13-7/h1-5,16H,(H,17,18). The lowest BCUT2D eigenvalue weighted by atomic mass is 10.1. The average Bonchev–Trinajstić information content (AvgIpc) is 2.91. The normalized spacial score (nSPS) is 10.7. The first kappa shape index (κ1) is 11.1. The van der Waals surface area contributed by atoms with E-state index in [4.69, 9.17) is 4.42 Å². The van der Waals surface area contributed by atoms with Gasteiger partial charge in [-0.25, -0.2) is 9.78 Å². The van der Waals surface area contributed by atoms with Crippen LogP contribution in [0.1, 0.15) is 10.4 Å². The Balaban J connectivity index is 2.42. The van der Waals surface area contributed by atoms with E-state index >= 15 is 0 Å². The van der Waals surface area contributed by atoms with Gasteiger partial charge in [-0.1, -0.05) is 0 Å². The summed E-state index contributed by atoms with van der Waals surface area (Å²) in [5.74, 6) is -1.62. The van der Waals surface area contributed by atoms with Gasteiger partial charge in [-0.3, -0.25) is 9.97 Å². The number of carboxylic acid groups (broad SMARTS) is 1. The first-order valence-electron chi connectivity index (χ1n) is 5.28. The zero-order valence-electron chi connectivity index (χ0n) is 9.44. The predicted molar refractivity (Wildman–Crippen MR) is 63.7 cm³/mol. The van der Waals surface area contributed by atoms with Crippen molar-refractivity contribution in [1.29, 1.82) is 0 Å². The van der Waals surface area contributed by atoms with E-state index in [2.05, 4.69) is 15.0 Å². The number of rotatable bonds is 2. The average molecular weight is 257 g/mol. The van der Waals surface area contributed by atoms with E-state index in [1.807, 2.05) is 0 Å². The summed E-state index contributed by atoms with van der Waals surface area (Å²) in [5.41, 5.74) is 0.294. The fourth-order valence-corrected chi connectivity index (χ4v) is 1.82. The van der Waals surface area contributed by atoms with Gasteiger partial charge in [-0.05, 0) is 6.07 Å². The molecular formula is C12H7N3O4. The van der Waals surface area contributed by atoms with Crippen LogP contribution in [0.4, 0.5) is 0 Å². The smallest absolute Gasteiger partial charge is 0.341 e. The molecule has 2 N–H and O–H groups in total. The minimum atomic E-state index is -1.29. The summed E-state index contributed by atoms with van der Waals surface area (Å²) < 4.78 is 5.07. The van der Waals surface area contributed by atoms with E-state index in [1.54, 1.807) is 0 Å². The Bertz CT molecular complexity index is 768. The van der Waals surface area contributed by atoms with Crippen LogP contribution in [0.15, 0.2) is 35.3 Å². The number of benzene rings is 1. The number of aromatic hydroxyl groups is 1. The molecule has 0 amide bonds. The van der Waals surface area contributed by atoms with E-state index in [0.29, 0.717) is 5.52 Å². The van der Waals surface area contributed by atoms with Gasteiger partial charge in [0.1, 0.15) is 23.1 Å². The molecule has 3 aromatic rings. The topological polar surface area (TPSA) is 109 Å². The summed E-state index contributed by atoms with van der Waals surface area (Å²) in [6.07, 6.45) is 5.52. The second-order valence-corrected chi connectivity index (χ2v) is 3.71. The largest absolute Gasteiger partial charge is 0.506 e. The third kappa shape index (κ3) is 1.68. The Morgan fingerprint density at radius 2 is 1.95 bits per heavy atom. The highest BCUT2D eigenvalue weighted by Crippen LogP contribution is 2.35. The van der Waals surface area contributed by atoms with Gasteiger partial charge < -0.3 is 14.6 Å². The van der Waals surface area contributed by atoms with Crippen LogP contribution in [0.2, 0.25) is 0 Å². The van der Waals surface area contributed by atoms with E-state index in [1.165, 1.54) is 30.9 Å². The Hall–Kier alpha value is -2.96. The molecule has 0 bridgehead atoms. The number of nitrogens with zero attached hydrogens (tertiary/aromatic N) is 3. The van der Waals surface area contributed by atoms with Gasteiger partial charge in [-0.15, -0.1) is 0 Å². The van der Waals surface area contributed by atoms with E-state index in [0.717, 1.165) is 0 Å². The summed E-state index contributed by atoms with van der Waals surface area (Å²) in [5, 5.41) is 19.3. The molecule has 2 aromatic heterocycles. The molecule has 0 atom stereocenters. The number of carbonyl (C=O) groups is 1. The maximum atomic E-state index is 11.3. The molecule has 0 radical (unpaired) electrons. The van der Waals surface area contributed by atoms with Crippen molar-refractivity contribution in [3.8, 4) is 17.2 Å². The highest BCUT2D eigenvalue weighted by molar-refractivity contribution is 6.06. The molecule has 2 heterocycles. The van der Waals surface area contributed by atoms with Gasteiger partial charge in [0.15, 0.2) is 0 Å². The lowest BCUT2D eigenvalue weighted by Gasteiger charge is -2.07. The van der Waals surface area contributed by atoms with E-state index in [9.17, 15) is 15.0 Å². The molecule has 0 saturated heterocycles. The molecule has 19 heavy (non-hydrogen) atoms. The summed E-state index contributed by atoms with van der Waals surface area (Å²) >= 11 is 0. The van der Waals surface area contributed by atoms with Gasteiger partial charge in [-0.2, -0.15) is 0 Å². The highest BCUT2D eigenvalue weighted by atomic mass is 16.4. The van der Waals surface area contributed by atoms with Crippen LogP contribution in [0, 0.1) is 0 Å². The lowest BCUT2D eigenvalue weighted by molar-refractivity contribution is 0.0696. The molecule has 7 nitrogen and oxygen atoms in total. The number of hydrogen-bond acceptors (Lipinski definition) is 6. The van der Waals surface area contributed by atoms with Gasteiger partial charge in [0.05, 0.1) is 17.3 Å². The Labute approximate surface area is 106 Å². The van der Waals surface area contributed by atoms with Gasteiger partial charge >= 0.3 is 5.97 Å². The lowest BCUT2D eigenvalue weighted by Crippen LogP contribution is -2.02. The van der Waals surface area contributed by atoms with Crippen LogP contribution >= 0.6 is 0 Å². The minimum absolute atomic E-state index is 0.114. The van der Waals surface area contributed by atoms with Crippen LogP contribution in [-0.4, -0.2) is 31.1 Å².